The number of piperidine rings is 1. The van der Waals surface area contributed by atoms with Crippen molar-refractivity contribution in [2.75, 3.05) is 19.0 Å². The Hall–Kier alpha value is -1.19. The lowest BCUT2D eigenvalue weighted by molar-refractivity contribution is 0.0670. The van der Waals surface area contributed by atoms with Crippen LogP contribution >= 0.6 is 11.6 Å². The third-order valence-corrected chi connectivity index (χ3v) is 5.63. The molecule has 0 amide bonds. The molecule has 0 aromatic carbocycles. The zero-order valence-corrected chi connectivity index (χ0v) is 14.6. The Bertz CT molecular complexity index is 537. The summed E-state index contributed by atoms with van der Waals surface area (Å²) in [5.41, 5.74) is 1.67. The van der Waals surface area contributed by atoms with Crippen LogP contribution < -0.4 is 0 Å². The largest absolute Gasteiger partial charge is 0.466 e. The van der Waals surface area contributed by atoms with Gasteiger partial charge in [-0.2, -0.15) is 0 Å². The lowest BCUT2D eigenvalue weighted by Gasteiger charge is -2.43. The highest BCUT2D eigenvalue weighted by molar-refractivity contribution is 6.18. The minimum Gasteiger partial charge on any atom is -0.466 e. The predicted octanol–water partition coefficient (Wildman–Crippen LogP) is 4.72. The number of ether oxygens (including phenoxy) is 2. The first-order chi connectivity index (χ1) is 11.2. The van der Waals surface area contributed by atoms with Crippen LogP contribution in [-0.2, 0) is 9.47 Å². The van der Waals surface area contributed by atoms with E-state index in [1.807, 2.05) is 0 Å². The molecule has 4 heteroatoms. The summed E-state index contributed by atoms with van der Waals surface area (Å²) in [7, 11) is 0. The van der Waals surface area contributed by atoms with Crippen molar-refractivity contribution >= 4 is 11.6 Å². The second-order valence-corrected chi connectivity index (χ2v) is 7.34. The zero-order chi connectivity index (χ0) is 16.1. The van der Waals surface area contributed by atoms with E-state index in [1.54, 1.807) is 18.8 Å². The van der Waals surface area contributed by atoms with Crippen molar-refractivity contribution in [2.24, 2.45) is 5.41 Å². The van der Waals surface area contributed by atoms with Crippen LogP contribution in [0.5, 0.6) is 0 Å². The van der Waals surface area contributed by atoms with Crippen molar-refractivity contribution in [2.45, 2.75) is 45.1 Å². The zero-order valence-electron chi connectivity index (χ0n) is 13.8. The van der Waals surface area contributed by atoms with E-state index in [4.69, 9.17) is 21.1 Å². The molecule has 0 aromatic heterocycles. The van der Waals surface area contributed by atoms with Crippen LogP contribution in [0.3, 0.4) is 0 Å². The maximum atomic E-state index is 6.24. The average molecular weight is 336 g/mol. The van der Waals surface area contributed by atoms with E-state index < -0.39 is 0 Å². The standard InChI is InChI=1S/C19H26ClNO2/c1-19(14-20)8-5-9-21(15-19)17(18-13-22-10-11-23-18)12-16-6-3-2-4-7-16/h2-3,6,10-11,13,17H,4-5,7-9,12,14-15H2,1H3. The van der Waals surface area contributed by atoms with Gasteiger partial charge in [-0.15, -0.1) is 11.6 Å². The number of rotatable bonds is 5. The first-order valence-corrected chi connectivity index (χ1v) is 9.05. The summed E-state index contributed by atoms with van der Waals surface area (Å²) in [6.45, 7) is 4.39. The molecule has 126 valence electrons. The second-order valence-electron chi connectivity index (χ2n) is 7.08. The van der Waals surface area contributed by atoms with Gasteiger partial charge in [-0.25, -0.2) is 0 Å². The first kappa shape index (κ1) is 16.7. The Morgan fingerprint density at radius 1 is 1.39 bits per heavy atom. The normalized spacial score (nSPS) is 29.3. The molecule has 0 radical (unpaired) electrons. The van der Waals surface area contributed by atoms with Gasteiger partial charge in [0.2, 0.25) is 0 Å². The molecule has 2 heterocycles. The Morgan fingerprint density at radius 3 is 3.00 bits per heavy atom. The molecule has 0 spiro atoms. The van der Waals surface area contributed by atoms with E-state index in [9.17, 15) is 0 Å². The number of likely N-dealkylation sites (tertiary alicyclic amines) is 1. The van der Waals surface area contributed by atoms with Crippen molar-refractivity contribution in [3.8, 4) is 0 Å². The maximum absolute atomic E-state index is 6.24. The minimum absolute atomic E-state index is 0.185. The third kappa shape index (κ3) is 4.21. The fourth-order valence-electron chi connectivity index (χ4n) is 3.64. The minimum atomic E-state index is 0.185. The van der Waals surface area contributed by atoms with Gasteiger partial charge in [0, 0.05) is 12.4 Å². The van der Waals surface area contributed by atoms with Gasteiger partial charge in [0.25, 0.3) is 0 Å². The molecule has 0 aromatic rings. The Morgan fingerprint density at radius 2 is 2.30 bits per heavy atom. The third-order valence-electron chi connectivity index (χ3n) is 4.98. The van der Waals surface area contributed by atoms with Crippen molar-refractivity contribution in [3.63, 3.8) is 0 Å². The quantitative estimate of drug-likeness (QED) is 0.678. The van der Waals surface area contributed by atoms with Crippen LogP contribution in [0.1, 0.15) is 39.0 Å². The molecule has 3 nitrogen and oxygen atoms in total. The van der Waals surface area contributed by atoms with Crippen LogP contribution in [0.2, 0.25) is 0 Å². The van der Waals surface area contributed by atoms with Crippen molar-refractivity contribution in [1.82, 2.24) is 4.90 Å². The lowest BCUT2D eigenvalue weighted by Crippen LogP contribution is -2.48. The molecule has 23 heavy (non-hydrogen) atoms. The van der Waals surface area contributed by atoms with E-state index in [0.717, 1.165) is 38.1 Å². The van der Waals surface area contributed by atoms with Crippen molar-refractivity contribution in [1.29, 1.82) is 0 Å². The molecule has 1 saturated heterocycles. The number of alkyl halides is 1. The Kier molecular flexibility index (Phi) is 5.50. The molecular weight excluding hydrogens is 310 g/mol. The van der Waals surface area contributed by atoms with Gasteiger partial charge < -0.3 is 9.47 Å². The second kappa shape index (κ2) is 7.59. The summed E-state index contributed by atoms with van der Waals surface area (Å²) in [6.07, 6.45) is 17.2. The summed E-state index contributed by atoms with van der Waals surface area (Å²) in [5, 5.41) is 0. The molecular formula is C19H26ClNO2. The van der Waals surface area contributed by atoms with Gasteiger partial charge in [0.1, 0.15) is 18.8 Å². The molecule has 2 atom stereocenters. The molecule has 0 N–H and O–H groups in total. The van der Waals surface area contributed by atoms with Crippen LogP contribution in [0.25, 0.3) is 0 Å². The van der Waals surface area contributed by atoms with Gasteiger partial charge in [0.15, 0.2) is 5.76 Å². The first-order valence-electron chi connectivity index (χ1n) is 8.52. The van der Waals surface area contributed by atoms with Crippen LogP contribution in [0, 0.1) is 5.41 Å². The van der Waals surface area contributed by atoms with Gasteiger partial charge in [-0.3, -0.25) is 4.90 Å². The Labute approximate surface area is 144 Å². The predicted molar refractivity (Wildman–Crippen MR) is 93.9 cm³/mol. The van der Waals surface area contributed by atoms with Crippen molar-refractivity contribution in [3.05, 3.63) is 48.3 Å². The van der Waals surface area contributed by atoms with Gasteiger partial charge in [-0.05, 0) is 44.1 Å². The van der Waals surface area contributed by atoms with E-state index in [0.29, 0.717) is 5.88 Å². The summed E-state index contributed by atoms with van der Waals surface area (Å²) < 4.78 is 11.1. The fourth-order valence-corrected chi connectivity index (χ4v) is 3.86. The highest BCUT2D eigenvalue weighted by Crippen LogP contribution is 2.35. The number of hydrogen-bond acceptors (Lipinski definition) is 3. The average Bonchev–Trinajstić information content (AvgIpc) is 2.61. The highest BCUT2D eigenvalue weighted by Gasteiger charge is 2.36. The molecule has 1 aliphatic carbocycles. The molecule has 3 rings (SSSR count). The molecule has 2 unspecified atom stereocenters. The van der Waals surface area contributed by atoms with E-state index in [1.165, 1.54) is 18.4 Å². The number of halogens is 1. The van der Waals surface area contributed by atoms with Crippen LogP contribution in [0.15, 0.2) is 48.3 Å². The fraction of sp³-hybridized carbons (Fsp3) is 0.579. The smallest absolute Gasteiger partial charge is 0.156 e. The Balaban J connectivity index is 1.78. The molecule has 1 fully saturated rings. The van der Waals surface area contributed by atoms with Gasteiger partial charge in [-0.1, -0.05) is 30.7 Å². The summed E-state index contributed by atoms with van der Waals surface area (Å²) >= 11 is 6.24. The van der Waals surface area contributed by atoms with Gasteiger partial charge >= 0.3 is 0 Å². The van der Waals surface area contributed by atoms with E-state index in [2.05, 4.69) is 30.1 Å². The number of nitrogens with zero attached hydrogens (tertiary/aromatic N) is 1. The molecule has 0 bridgehead atoms. The monoisotopic (exact) mass is 335 g/mol. The highest BCUT2D eigenvalue weighted by atomic mass is 35.5. The van der Waals surface area contributed by atoms with Crippen molar-refractivity contribution < 1.29 is 9.47 Å². The molecule has 0 saturated carbocycles. The molecule has 2 aliphatic heterocycles. The lowest BCUT2D eigenvalue weighted by atomic mass is 9.82. The number of hydrogen-bond donors (Lipinski definition) is 0. The summed E-state index contributed by atoms with van der Waals surface area (Å²) in [5.74, 6) is 1.61. The SMILES string of the molecule is CC1(CCl)CCCN(C(CC2=CC=CCC2)C2=COC=CO2)C1. The van der Waals surface area contributed by atoms with E-state index >= 15 is 0 Å². The summed E-state index contributed by atoms with van der Waals surface area (Å²) in [6, 6.07) is 0.223. The van der Waals surface area contributed by atoms with Crippen LogP contribution in [0.4, 0.5) is 0 Å². The van der Waals surface area contributed by atoms with E-state index in [-0.39, 0.29) is 11.5 Å². The van der Waals surface area contributed by atoms with Crippen LogP contribution in [-0.4, -0.2) is 29.9 Å². The number of allylic oxidation sites excluding steroid dienone is 3. The molecule has 3 aliphatic rings. The van der Waals surface area contributed by atoms with Gasteiger partial charge in [0.05, 0.1) is 6.04 Å². The maximum Gasteiger partial charge on any atom is 0.156 e. The topological polar surface area (TPSA) is 21.7 Å². The summed E-state index contributed by atoms with van der Waals surface area (Å²) in [4.78, 5) is 2.53.